The van der Waals surface area contributed by atoms with Gasteiger partial charge in [-0.15, -0.1) is 0 Å². The zero-order valence-corrected chi connectivity index (χ0v) is 18.8. The van der Waals surface area contributed by atoms with Crippen molar-refractivity contribution >= 4 is 40.1 Å². The normalized spacial score (nSPS) is 11.1. The van der Waals surface area contributed by atoms with Gasteiger partial charge in [0, 0.05) is 12.6 Å². The summed E-state index contributed by atoms with van der Waals surface area (Å²) in [5.74, 6) is -2.79. The number of nitrogens with one attached hydrogen (secondary N) is 2. The van der Waals surface area contributed by atoms with Crippen molar-refractivity contribution in [2.75, 3.05) is 10.6 Å². The minimum Gasteiger partial charge on any atom is -0.478 e. The number of rotatable bonds is 5. The smallest absolute Gasteiger partial charge is 0.417 e. The Morgan fingerprint density at radius 2 is 1.78 bits per heavy atom. The van der Waals surface area contributed by atoms with E-state index in [0.29, 0.717) is 0 Å². The van der Waals surface area contributed by atoms with E-state index in [2.05, 4.69) is 15.8 Å². The van der Waals surface area contributed by atoms with Gasteiger partial charge in [0.05, 0.1) is 33.8 Å². The van der Waals surface area contributed by atoms with E-state index >= 15 is 0 Å². The first-order valence-corrected chi connectivity index (χ1v) is 10.5. The van der Waals surface area contributed by atoms with Crippen molar-refractivity contribution < 1.29 is 37.2 Å². The number of hydrogen-bond donors (Lipinski definition) is 3. The van der Waals surface area contributed by atoms with Gasteiger partial charge >= 0.3 is 12.1 Å². The monoisotopic (exact) mass is 508 g/mol. The van der Waals surface area contributed by atoms with Crippen LogP contribution in [-0.4, -0.2) is 28.0 Å². The summed E-state index contributed by atoms with van der Waals surface area (Å²) < 4.78 is 46.6. The largest absolute Gasteiger partial charge is 0.478 e. The Kier molecular flexibility index (Phi) is 6.37. The molecule has 37 heavy (non-hydrogen) atoms. The van der Waals surface area contributed by atoms with Crippen LogP contribution in [0.15, 0.2) is 59.1 Å². The summed E-state index contributed by atoms with van der Waals surface area (Å²) >= 11 is 0. The quantitative estimate of drug-likeness (QED) is 0.332. The van der Waals surface area contributed by atoms with Crippen LogP contribution in [0.4, 0.5) is 24.5 Å². The van der Waals surface area contributed by atoms with Gasteiger partial charge in [0.25, 0.3) is 5.91 Å². The van der Waals surface area contributed by atoms with Crippen LogP contribution in [0.5, 0.6) is 0 Å². The fourth-order valence-electron chi connectivity index (χ4n) is 3.66. The van der Waals surface area contributed by atoms with E-state index in [1.165, 1.54) is 49.4 Å². The molecule has 0 saturated heterocycles. The molecule has 0 aliphatic heterocycles. The third-order valence-corrected chi connectivity index (χ3v) is 5.27. The second kappa shape index (κ2) is 9.46. The highest BCUT2D eigenvalue weighted by Crippen LogP contribution is 2.39. The number of carboxylic acids is 1. The lowest BCUT2D eigenvalue weighted by atomic mass is 9.97. The lowest BCUT2D eigenvalue weighted by molar-refractivity contribution is -0.137. The summed E-state index contributed by atoms with van der Waals surface area (Å²) in [5, 5.41) is 26.9. The molecule has 2 amide bonds. The zero-order chi connectivity index (χ0) is 26.9. The molecule has 9 nitrogen and oxygen atoms in total. The number of nitriles is 1. The first kappa shape index (κ1) is 24.9. The van der Waals surface area contributed by atoms with Crippen molar-refractivity contribution in [3.8, 4) is 17.2 Å². The van der Waals surface area contributed by atoms with Gasteiger partial charge in [-0.1, -0.05) is 17.3 Å². The molecule has 0 bridgehead atoms. The highest BCUT2D eigenvalue weighted by molar-refractivity contribution is 6.13. The molecule has 0 spiro atoms. The molecule has 3 N–H and O–H groups in total. The minimum atomic E-state index is -4.75. The third-order valence-electron chi connectivity index (χ3n) is 5.27. The number of hydrogen-bond acceptors (Lipinski definition) is 6. The highest BCUT2D eigenvalue weighted by Gasteiger charge is 2.34. The Balaban J connectivity index is 1.76. The van der Waals surface area contributed by atoms with Gasteiger partial charge in [0.15, 0.2) is 11.3 Å². The minimum absolute atomic E-state index is 0.0358. The number of fused-ring (bicyclic) bond motifs is 1. The summed E-state index contributed by atoms with van der Waals surface area (Å²) in [6, 6.07) is 12.7. The standard InChI is InChI=1S/C25H15F3N4O5/c1-12(33)30-15-4-5-16(19(10-15)25(26,27)28)14-3-7-21-18(9-14)22(32-37-21)23(34)31-20-6-2-13(11-29)8-17(20)24(35)36/h2-10H,1H3,(H,30,33)(H,31,34)(H,35,36). The number of nitrogens with zero attached hydrogens (tertiary/aromatic N) is 2. The maximum Gasteiger partial charge on any atom is 0.417 e. The number of aromatic nitrogens is 1. The van der Waals surface area contributed by atoms with Gasteiger partial charge in [-0.25, -0.2) is 4.79 Å². The van der Waals surface area contributed by atoms with E-state index in [0.717, 1.165) is 12.1 Å². The van der Waals surface area contributed by atoms with Crippen LogP contribution >= 0.6 is 0 Å². The molecule has 3 aromatic carbocycles. The Bertz CT molecular complexity index is 1620. The molecule has 186 valence electrons. The molecule has 0 fully saturated rings. The van der Waals surface area contributed by atoms with Crippen LogP contribution in [0.25, 0.3) is 22.1 Å². The number of alkyl halides is 3. The molecule has 0 radical (unpaired) electrons. The van der Waals surface area contributed by atoms with Crippen molar-refractivity contribution in [2.45, 2.75) is 13.1 Å². The van der Waals surface area contributed by atoms with Gasteiger partial charge in [0.2, 0.25) is 5.91 Å². The molecule has 12 heteroatoms. The van der Waals surface area contributed by atoms with Crippen LogP contribution in [0.2, 0.25) is 0 Å². The fraction of sp³-hybridized carbons (Fsp3) is 0.0800. The Morgan fingerprint density at radius 1 is 1.03 bits per heavy atom. The van der Waals surface area contributed by atoms with Gasteiger partial charge in [-0.05, 0) is 53.6 Å². The molecule has 1 heterocycles. The molecule has 4 rings (SSSR count). The second-order valence-electron chi connectivity index (χ2n) is 7.81. The number of halogens is 3. The lowest BCUT2D eigenvalue weighted by Crippen LogP contribution is -2.15. The average Bonchev–Trinajstić information content (AvgIpc) is 3.26. The molecule has 0 aliphatic rings. The summed E-state index contributed by atoms with van der Waals surface area (Å²) in [6.45, 7) is 1.17. The van der Waals surface area contributed by atoms with Crippen LogP contribution in [0.1, 0.15) is 38.9 Å². The summed E-state index contributed by atoms with van der Waals surface area (Å²) in [5.41, 5.74) is -1.73. The van der Waals surface area contributed by atoms with Crippen molar-refractivity contribution in [3.05, 3.63) is 77.0 Å². The van der Waals surface area contributed by atoms with Crippen LogP contribution in [0, 0.1) is 11.3 Å². The molecular weight excluding hydrogens is 493 g/mol. The zero-order valence-electron chi connectivity index (χ0n) is 18.8. The molecule has 0 unspecified atom stereocenters. The number of anilines is 2. The maximum atomic E-state index is 13.8. The molecule has 0 saturated carbocycles. The fourth-order valence-corrected chi connectivity index (χ4v) is 3.66. The van der Waals surface area contributed by atoms with Crippen molar-refractivity contribution in [1.82, 2.24) is 5.16 Å². The Hall–Kier alpha value is -5.18. The highest BCUT2D eigenvalue weighted by atomic mass is 19.4. The predicted molar refractivity (Wildman–Crippen MR) is 125 cm³/mol. The van der Waals surface area contributed by atoms with Gasteiger partial charge in [-0.2, -0.15) is 18.4 Å². The average molecular weight is 508 g/mol. The van der Waals surface area contributed by atoms with Crippen molar-refractivity contribution in [2.24, 2.45) is 0 Å². The maximum absolute atomic E-state index is 13.8. The SMILES string of the molecule is CC(=O)Nc1ccc(-c2ccc3onc(C(=O)Nc4ccc(C#N)cc4C(=O)O)c3c2)c(C(F)(F)F)c1. The molecule has 1 aromatic heterocycles. The van der Waals surface area contributed by atoms with Gasteiger partial charge in [0.1, 0.15) is 0 Å². The third kappa shape index (κ3) is 5.10. The number of carbonyl (C=O) groups is 3. The van der Waals surface area contributed by atoms with E-state index in [4.69, 9.17) is 9.78 Å². The number of aromatic carboxylic acids is 1. The Morgan fingerprint density at radius 3 is 2.43 bits per heavy atom. The predicted octanol–water partition coefficient (Wildman–Crippen LogP) is 5.29. The van der Waals surface area contributed by atoms with Gasteiger partial charge < -0.3 is 20.3 Å². The summed E-state index contributed by atoms with van der Waals surface area (Å²) in [7, 11) is 0. The van der Waals surface area contributed by atoms with E-state index in [1.807, 2.05) is 0 Å². The topological polar surface area (TPSA) is 145 Å². The van der Waals surface area contributed by atoms with Crippen LogP contribution < -0.4 is 10.6 Å². The Labute approximate surface area is 206 Å². The first-order chi connectivity index (χ1) is 17.5. The molecule has 0 aliphatic carbocycles. The number of amides is 2. The molecule has 0 atom stereocenters. The first-order valence-electron chi connectivity index (χ1n) is 10.5. The molecule has 4 aromatic rings. The van der Waals surface area contributed by atoms with E-state index in [-0.39, 0.29) is 50.3 Å². The lowest BCUT2D eigenvalue weighted by Gasteiger charge is -2.15. The summed E-state index contributed by atoms with van der Waals surface area (Å²) in [4.78, 5) is 35.8. The summed E-state index contributed by atoms with van der Waals surface area (Å²) in [6.07, 6.45) is -4.75. The number of benzene rings is 3. The van der Waals surface area contributed by atoms with Crippen molar-refractivity contribution in [3.63, 3.8) is 0 Å². The second-order valence-corrected chi connectivity index (χ2v) is 7.81. The van der Waals surface area contributed by atoms with Crippen LogP contribution in [0.3, 0.4) is 0 Å². The van der Waals surface area contributed by atoms with E-state index < -0.39 is 29.5 Å². The molecular formula is C25H15F3N4O5. The number of carbonyl (C=O) groups excluding carboxylic acids is 2. The van der Waals surface area contributed by atoms with E-state index in [1.54, 1.807) is 6.07 Å². The number of carboxylic acid groups (broad SMARTS) is 1. The van der Waals surface area contributed by atoms with Gasteiger partial charge in [-0.3, -0.25) is 9.59 Å². The van der Waals surface area contributed by atoms with Crippen LogP contribution in [-0.2, 0) is 11.0 Å². The van der Waals surface area contributed by atoms with Crippen molar-refractivity contribution in [1.29, 1.82) is 5.26 Å². The van der Waals surface area contributed by atoms with E-state index in [9.17, 15) is 32.7 Å².